The topological polar surface area (TPSA) is 269 Å². The Hall–Kier alpha value is -6.40. The number of likely N-dealkylation sites (N-methyl/N-ethyl adjacent to an activating group) is 1. The Bertz CT molecular complexity index is 3710. The summed E-state index contributed by atoms with van der Waals surface area (Å²) in [5, 5.41) is 95.0. The van der Waals surface area contributed by atoms with Crippen LogP contribution in [0.3, 0.4) is 0 Å². The molecular formula is C71H86N4O12. The number of benzene rings is 3. The number of rotatable bonds is 11. The molecule has 5 heterocycles. The lowest BCUT2D eigenvalue weighted by atomic mass is 9.54. The highest BCUT2D eigenvalue weighted by molar-refractivity contribution is 5.93. The Kier molecular flexibility index (Phi) is 14.5. The molecule has 16 heteroatoms. The van der Waals surface area contributed by atoms with Gasteiger partial charge in [0.05, 0.1) is 30.6 Å². The monoisotopic (exact) mass is 1190 g/mol. The Balaban J connectivity index is 0.945. The summed E-state index contributed by atoms with van der Waals surface area (Å²) < 4.78 is 21.8. The maximum Gasteiger partial charge on any atom is 0.337 e. The maximum atomic E-state index is 16.2. The number of ether oxygens (including phenoxy) is 2. The van der Waals surface area contributed by atoms with Crippen molar-refractivity contribution in [1.29, 1.82) is 0 Å². The van der Waals surface area contributed by atoms with Crippen LogP contribution in [0.15, 0.2) is 110 Å². The molecule has 0 amide bonds. The fraction of sp³-hybridized carbons (Fsp3) is 0.549. The maximum absolute atomic E-state index is 16.2. The van der Waals surface area contributed by atoms with Crippen molar-refractivity contribution in [2.24, 2.45) is 47.2 Å². The lowest BCUT2D eigenvalue weighted by Gasteiger charge is -2.53. The van der Waals surface area contributed by atoms with Crippen molar-refractivity contribution in [2.45, 2.75) is 184 Å². The number of nitrogens with two attached hydrogens (primary N) is 1. The van der Waals surface area contributed by atoms with Gasteiger partial charge in [0.15, 0.2) is 5.43 Å². The first-order chi connectivity index (χ1) is 41.8. The number of aliphatic hydroxyl groups is 5. The highest BCUT2D eigenvalue weighted by Gasteiger charge is 2.66. The van der Waals surface area contributed by atoms with E-state index in [1.165, 1.54) is 17.2 Å². The molecule has 4 aromatic rings. The number of aryl methyl sites for hydroxylation is 1. The van der Waals surface area contributed by atoms with E-state index in [-0.39, 0.29) is 99.3 Å². The average Bonchev–Trinajstić information content (AvgIpc) is 1.67. The van der Waals surface area contributed by atoms with E-state index in [0.717, 1.165) is 52.8 Å². The van der Waals surface area contributed by atoms with Crippen LogP contribution in [0.5, 0.6) is 17.2 Å². The second-order valence-corrected chi connectivity index (χ2v) is 28.1. The molecule has 7 aliphatic carbocycles. The summed E-state index contributed by atoms with van der Waals surface area (Å²) in [6.45, 7) is 10.1. The summed E-state index contributed by atoms with van der Waals surface area (Å²) in [6, 6.07) is 12.7. The number of fused-ring (bicyclic) bond motifs is 10. The minimum Gasteiger partial charge on any atom is -0.508 e. The summed E-state index contributed by atoms with van der Waals surface area (Å²) in [6.07, 6.45) is 12.9. The zero-order valence-corrected chi connectivity index (χ0v) is 50.7. The van der Waals surface area contributed by atoms with E-state index in [2.05, 4.69) is 67.2 Å². The summed E-state index contributed by atoms with van der Waals surface area (Å²) in [5.74, 6) is -3.38. The number of hydrogen-bond donors (Lipinski definition) is 11. The predicted molar refractivity (Wildman–Crippen MR) is 328 cm³/mol. The Morgan fingerprint density at radius 1 is 0.977 bits per heavy atom. The van der Waals surface area contributed by atoms with Gasteiger partial charge in [0.1, 0.15) is 63.7 Å². The number of esters is 1. The van der Waals surface area contributed by atoms with Crippen LogP contribution >= 0.6 is 0 Å². The van der Waals surface area contributed by atoms with E-state index in [1.54, 1.807) is 25.1 Å². The van der Waals surface area contributed by atoms with Crippen molar-refractivity contribution < 1.29 is 54.4 Å². The molecule has 0 saturated heterocycles. The zero-order valence-electron chi connectivity index (χ0n) is 50.7. The van der Waals surface area contributed by atoms with Gasteiger partial charge in [-0.25, -0.2) is 4.79 Å². The molecule has 16 nitrogen and oxygen atoms in total. The second-order valence-electron chi connectivity index (χ2n) is 28.1. The molecule has 3 aromatic carbocycles. The van der Waals surface area contributed by atoms with Crippen LogP contribution in [0, 0.1) is 41.4 Å². The van der Waals surface area contributed by atoms with Crippen LogP contribution < -0.4 is 31.8 Å². The van der Waals surface area contributed by atoms with Crippen molar-refractivity contribution in [1.82, 2.24) is 16.0 Å². The average molecular weight is 1190 g/mol. The highest BCUT2D eigenvalue weighted by atomic mass is 16.6. The van der Waals surface area contributed by atoms with E-state index >= 15 is 4.79 Å². The van der Waals surface area contributed by atoms with Gasteiger partial charge in [-0.3, -0.25) is 10.1 Å². The molecule has 15 rings (SSSR count). The van der Waals surface area contributed by atoms with Crippen molar-refractivity contribution in [2.75, 3.05) is 19.7 Å². The molecule has 4 aliphatic heterocycles. The molecular weight excluding hydrogens is 1100 g/mol. The SMILES string of the molecule is CC=C(C(=O)OC1Cc2c3c(c4oc(CO)cc(=O)c4c2O)C2C4=CCNC(N)=C4C(CCc4ccc(O)cc4C2CO)C2CCC4=CC(NCC)NC=C4CC2C1(C)O3)C1(O)CC2c3cccc4c3C3(CCC2C1C3)CC(CC(O)CC(C)C)C4O. The van der Waals surface area contributed by atoms with Crippen LogP contribution in [0.2, 0.25) is 0 Å². The number of phenolic OH excluding ortho intramolecular Hbond substituents is 2. The fourth-order valence-corrected chi connectivity index (χ4v) is 19.7. The number of carbonyl (C=O) groups excluding carboxylic acids is 1. The number of carbonyl (C=O) groups is 1. The normalized spacial score (nSPS) is 34.7. The third-order valence-electron chi connectivity index (χ3n) is 23.2. The van der Waals surface area contributed by atoms with Crippen LogP contribution in [-0.2, 0) is 34.4 Å². The van der Waals surface area contributed by atoms with Crippen molar-refractivity contribution in [3.05, 3.63) is 156 Å². The lowest BCUT2D eigenvalue weighted by molar-refractivity contribution is -0.172. The molecule has 462 valence electrons. The number of dihydropyridines is 2. The first-order valence-corrected chi connectivity index (χ1v) is 32.3. The summed E-state index contributed by atoms with van der Waals surface area (Å²) in [5.41, 5.74) is 12.9. The third-order valence-corrected chi connectivity index (χ3v) is 23.2. The number of hydrogen-bond acceptors (Lipinski definition) is 16. The van der Waals surface area contributed by atoms with Gasteiger partial charge in [0.25, 0.3) is 0 Å². The number of aromatic hydroxyl groups is 2. The van der Waals surface area contributed by atoms with Crippen LogP contribution in [0.4, 0.5) is 0 Å². The fourth-order valence-electron chi connectivity index (χ4n) is 19.7. The first-order valence-electron chi connectivity index (χ1n) is 32.3. The molecule has 0 radical (unpaired) electrons. The third kappa shape index (κ3) is 9.01. The van der Waals surface area contributed by atoms with E-state index in [0.29, 0.717) is 87.2 Å². The van der Waals surface area contributed by atoms with E-state index < -0.39 is 77.6 Å². The summed E-state index contributed by atoms with van der Waals surface area (Å²) in [7, 11) is 0. The number of aliphatic hydroxyl groups excluding tert-OH is 4. The molecule has 12 N–H and O–H groups in total. The molecule has 3 saturated carbocycles. The number of phenols is 2. The Morgan fingerprint density at radius 3 is 2.55 bits per heavy atom. The van der Waals surface area contributed by atoms with Gasteiger partial charge < -0.3 is 66.0 Å². The van der Waals surface area contributed by atoms with Gasteiger partial charge in [-0.1, -0.05) is 57.2 Å². The largest absolute Gasteiger partial charge is 0.508 e. The highest BCUT2D eigenvalue weighted by Crippen LogP contribution is 2.70. The Labute approximate surface area is 508 Å². The Morgan fingerprint density at radius 2 is 1.78 bits per heavy atom. The van der Waals surface area contributed by atoms with E-state index in [4.69, 9.17) is 19.6 Å². The minimum atomic E-state index is -1.62. The molecule has 1 spiro atoms. The molecule has 87 heavy (non-hydrogen) atoms. The van der Waals surface area contributed by atoms with E-state index in [1.807, 2.05) is 19.1 Å². The second kappa shape index (κ2) is 21.7. The number of nitrogens with one attached hydrogen (secondary N) is 3. The molecule has 3 fully saturated rings. The minimum absolute atomic E-state index is 0.0157. The number of allylic oxidation sites excluding steroid dienone is 5. The predicted octanol–water partition coefficient (Wildman–Crippen LogP) is 8.59. The molecule has 16 atom stereocenters. The van der Waals surface area contributed by atoms with Crippen LogP contribution in [0.25, 0.3) is 11.0 Å². The van der Waals surface area contributed by atoms with Gasteiger partial charge >= 0.3 is 5.97 Å². The van der Waals surface area contributed by atoms with Gasteiger partial charge in [0, 0.05) is 54.1 Å². The molecule has 16 unspecified atom stereocenters. The van der Waals surface area contributed by atoms with Crippen molar-refractivity contribution in [3.63, 3.8) is 0 Å². The summed E-state index contributed by atoms with van der Waals surface area (Å²) >= 11 is 0. The molecule has 11 aliphatic rings. The first kappa shape index (κ1) is 58.3. The zero-order chi connectivity index (χ0) is 60.7. The van der Waals surface area contributed by atoms with Crippen LogP contribution in [-0.4, -0.2) is 91.0 Å². The van der Waals surface area contributed by atoms with E-state index in [9.17, 15) is 40.5 Å². The standard InChI is InChI=1S/C71H86N4O12/c1-6-52(71(84)29-50-43-17-19-70(30-54(43)71)28-37(22-40(79)21-34(3)4)63(81)47-10-8-9-45(50)62(47)70)68(83)86-56-27-49-64(82)60-55(80)26-41(32-76)85-66(60)61-58-46-18-20-74-67(72)59(46)44(16-12-35-11-14-39(78)25-48(35)51(58)33-77)42-15-13-36-24-57(73-7-2)75-31-38(36)23-53(42)69(56,5)87-65(49)61/h6,8-11,14,18,24-26,31,34,37,40,42-44,50-51,53-54,56-58,63,73-79,81-82,84H,7,12-13,15-17,19-23,27-30,32-33,72H2,1-5H3. The lowest BCUT2D eigenvalue weighted by Crippen LogP contribution is -2.59. The van der Waals surface area contributed by atoms with Gasteiger partial charge in [-0.05, 0) is 213 Å². The van der Waals surface area contributed by atoms with Crippen LogP contribution in [0.1, 0.15) is 174 Å². The van der Waals surface area contributed by atoms with Gasteiger partial charge in [0.2, 0.25) is 0 Å². The van der Waals surface area contributed by atoms with Gasteiger partial charge in [-0.2, -0.15) is 0 Å². The molecule has 1 aromatic heterocycles. The smallest absolute Gasteiger partial charge is 0.337 e. The quantitative estimate of drug-likeness (QED) is 0.0496. The van der Waals surface area contributed by atoms with Crippen molar-refractivity contribution in [3.8, 4) is 17.2 Å². The summed E-state index contributed by atoms with van der Waals surface area (Å²) in [4.78, 5) is 30.9. The van der Waals surface area contributed by atoms with Crippen molar-refractivity contribution >= 4 is 16.9 Å². The van der Waals surface area contributed by atoms with Gasteiger partial charge in [-0.15, -0.1) is 0 Å². The molecule has 8 bridgehead atoms.